The summed E-state index contributed by atoms with van der Waals surface area (Å²) in [6.45, 7) is -0.401. The van der Waals surface area contributed by atoms with Crippen molar-refractivity contribution in [1.29, 1.82) is 0 Å². The summed E-state index contributed by atoms with van der Waals surface area (Å²) in [7, 11) is -7.76. The summed E-state index contributed by atoms with van der Waals surface area (Å²) in [5.41, 5.74) is 0.336. The van der Waals surface area contributed by atoms with Crippen molar-refractivity contribution in [2.24, 2.45) is 0 Å². The van der Waals surface area contributed by atoms with Gasteiger partial charge in [0, 0.05) is 11.3 Å². The lowest BCUT2D eigenvalue weighted by Crippen LogP contribution is -2.22. The largest absolute Gasteiger partial charge is 0.384 e. The fraction of sp³-hybridized carbons (Fsp3) is 0.273. The first-order valence-corrected chi connectivity index (χ1v) is 9.29. The Hall–Kier alpha value is -1.27. The van der Waals surface area contributed by atoms with E-state index >= 15 is 0 Å². The molecule has 0 aromatic heterocycles. The molecule has 0 bridgehead atoms. The maximum atomic E-state index is 11.7. The van der Waals surface area contributed by atoms with Crippen LogP contribution in [0.25, 0.3) is 0 Å². The van der Waals surface area contributed by atoms with E-state index in [2.05, 4.69) is 16.6 Å². The second-order valence-electron chi connectivity index (χ2n) is 3.91. The zero-order chi connectivity index (χ0) is 15.4. The van der Waals surface area contributed by atoms with Gasteiger partial charge in [0.25, 0.3) is 0 Å². The molecule has 0 spiro atoms. The molecule has 1 aromatic rings. The number of rotatable bonds is 4. The summed E-state index contributed by atoms with van der Waals surface area (Å²) >= 11 is 5.77. The van der Waals surface area contributed by atoms with Crippen LogP contribution in [0.4, 0.5) is 5.69 Å². The van der Waals surface area contributed by atoms with Crippen molar-refractivity contribution in [2.45, 2.75) is 0 Å². The van der Waals surface area contributed by atoms with Gasteiger partial charge < -0.3 is 5.11 Å². The third-order valence-electron chi connectivity index (χ3n) is 1.92. The van der Waals surface area contributed by atoms with Crippen LogP contribution in [-0.4, -0.2) is 39.9 Å². The highest BCUT2D eigenvalue weighted by atomic mass is 35.5. The second kappa shape index (κ2) is 6.45. The highest BCUT2D eigenvalue weighted by Crippen LogP contribution is 2.21. The maximum absolute atomic E-state index is 11.7. The average Bonchev–Trinajstić information content (AvgIpc) is 2.26. The second-order valence-corrected chi connectivity index (χ2v) is 8.57. The fourth-order valence-corrected chi connectivity index (χ4v) is 4.50. The molecule has 0 amide bonds. The molecule has 0 saturated carbocycles. The van der Waals surface area contributed by atoms with Crippen LogP contribution in [0.5, 0.6) is 0 Å². The normalized spacial score (nSPS) is 11.6. The molecule has 0 unspecified atom stereocenters. The van der Waals surface area contributed by atoms with Gasteiger partial charge in [-0.3, -0.25) is 4.72 Å². The van der Waals surface area contributed by atoms with E-state index in [1.54, 1.807) is 0 Å². The molecule has 0 aliphatic heterocycles. The third kappa shape index (κ3) is 5.79. The Bertz CT molecular complexity index is 760. The lowest BCUT2D eigenvalue weighted by Gasteiger charge is -2.09. The lowest BCUT2D eigenvalue weighted by atomic mass is 10.2. The van der Waals surface area contributed by atoms with E-state index in [0.717, 1.165) is 6.26 Å². The van der Waals surface area contributed by atoms with Crippen molar-refractivity contribution < 1.29 is 21.9 Å². The minimum absolute atomic E-state index is 0.0963. The highest BCUT2D eigenvalue weighted by Gasteiger charge is 2.19. The predicted octanol–water partition coefficient (Wildman–Crippen LogP) is 0.428. The summed E-state index contributed by atoms with van der Waals surface area (Å²) in [4.78, 5) is 0. The first-order chi connectivity index (χ1) is 9.13. The Kier molecular flexibility index (Phi) is 5.42. The van der Waals surface area contributed by atoms with Crippen LogP contribution in [0.2, 0.25) is 5.02 Å². The number of nitrogens with one attached hydrogen (secondary N) is 1. The molecule has 1 aromatic carbocycles. The van der Waals surface area contributed by atoms with Gasteiger partial charge in [-0.15, -0.1) is 0 Å². The van der Waals surface area contributed by atoms with Gasteiger partial charge in [-0.05, 0) is 18.2 Å². The van der Waals surface area contributed by atoms with Crippen LogP contribution >= 0.6 is 11.6 Å². The van der Waals surface area contributed by atoms with Crippen molar-refractivity contribution in [2.75, 3.05) is 22.7 Å². The van der Waals surface area contributed by atoms with Crippen LogP contribution in [-0.2, 0) is 19.9 Å². The zero-order valence-corrected chi connectivity index (χ0v) is 12.8. The maximum Gasteiger partial charge on any atom is 0.247 e. The monoisotopic (exact) mass is 337 g/mol. The number of sulfone groups is 1. The van der Waals surface area contributed by atoms with Gasteiger partial charge in [0.2, 0.25) is 10.0 Å². The van der Waals surface area contributed by atoms with Gasteiger partial charge in [0.05, 0.1) is 11.3 Å². The lowest BCUT2D eigenvalue weighted by molar-refractivity contribution is 0.350. The molecule has 2 N–H and O–H groups in total. The molecule has 9 heteroatoms. The molecule has 110 valence electrons. The van der Waals surface area contributed by atoms with Crippen LogP contribution in [0.15, 0.2) is 18.2 Å². The first kappa shape index (κ1) is 16.8. The molecule has 0 aliphatic rings. The van der Waals surface area contributed by atoms with E-state index in [9.17, 15) is 16.8 Å². The van der Waals surface area contributed by atoms with Crippen molar-refractivity contribution >= 4 is 37.1 Å². The van der Waals surface area contributed by atoms with Gasteiger partial charge in [-0.2, -0.15) is 0 Å². The fourth-order valence-electron chi connectivity index (χ4n) is 1.32. The number of benzene rings is 1. The number of sulfonamides is 1. The van der Waals surface area contributed by atoms with E-state index in [-0.39, 0.29) is 11.3 Å². The van der Waals surface area contributed by atoms with Crippen LogP contribution < -0.4 is 4.72 Å². The summed E-state index contributed by atoms with van der Waals surface area (Å²) in [5.74, 6) is 4.89. The van der Waals surface area contributed by atoms with Gasteiger partial charge in [0.1, 0.15) is 6.61 Å². The van der Waals surface area contributed by atoms with E-state index in [4.69, 9.17) is 16.7 Å². The number of hydrogen-bond acceptors (Lipinski definition) is 5. The highest BCUT2D eigenvalue weighted by molar-refractivity contribution is 8.08. The van der Waals surface area contributed by atoms with E-state index < -0.39 is 31.6 Å². The van der Waals surface area contributed by atoms with Crippen LogP contribution in [0.3, 0.4) is 0 Å². The van der Waals surface area contributed by atoms with E-state index in [1.807, 2.05) is 0 Å². The van der Waals surface area contributed by atoms with Crippen molar-refractivity contribution in [3.63, 3.8) is 0 Å². The minimum Gasteiger partial charge on any atom is -0.384 e. The molecular formula is C11H12ClNO5S2. The zero-order valence-electron chi connectivity index (χ0n) is 10.4. The van der Waals surface area contributed by atoms with Crippen LogP contribution in [0.1, 0.15) is 5.56 Å². The van der Waals surface area contributed by atoms with E-state index in [1.165, 1.54) is 18.2 Å². The Balaban J connectivity index is 3.15. The van der Waals surface area contributed by atoms with Gasteiger partial charge >= 0.3 is 0 Å². The van der Waals surface area contributed by atoms with Crippen LogP contribution in [0, 0.1) is 11.8 Å². The standard InChI is InChI=1S/C11H12ClNO5S2/c1-19(15,16)8-20(17,18)13-11-5-4-10(12)7-9(11)3-2-6-14/h4-5,7,13-14H,6,8H2,1H3. The average molecular weight is 338 g/mol. The SMILES string of the molecule is CS(=O)(=O)CS(=O)(=O)Nc1ccc(Cl)cc1C#CCO. The third-order valence-corrected chi connectivity index (χ3v) is 5.64. The van der Waals surface area contributed by atoms with E-state index in [0.29, 0.717) is 5.02 Å². The molecule has 0 fully saturated rings. The van der Waals surface area contributed by atoms with Crippen molar-refractivity contribution in [3.8, 4) is 11.8 Å². The quantitative estimate of drug-likeness (QED) is 0.776. The minimum atomic E-state index is -4.06. The number of halogens is 1. The molecular weight excluding hydrogens is 326 g/mol. The number of aliphatic hydroxyl groups is 1. The summed E-state index contributed by atoms with van der Waals surface area (Å²) in [5, 5.41) is 7.95. The molecule has 0 atom stereocenters. The van der Waals surface area contributed by atoms with Gasteiger partial charge in [-0.1, -0.05) is 23.4 Å². The number of aliphatic hydroxyl groups excluding tert-OH is 1. The van der Waals surface area contributed by atoms with Crippen molar-refractivity contribution in [3.05, 3.63) is 28.8 Å². The first-order valence-electron chi connectivity index (χ1n) is 5.20. The Morgan fingerprint density at radius 2 is 1.95 bits per heavy atom. The predicted molar refractivity (Wildman–Crippen MR) is 77.7 cm³/mol. The molecule has 0 radical (unpaired) electrons. The topological polar surface area (TPSA) is 101 Å². The molecule has 1 rings (SSSR count). The Morgan fingerprint density at radius 1 is 1.30 bits per heavy atom. The number of hydrogen-bond donors (Lipinski definition) is 2. The Morgan fingerprint density at radius 3 is 2.50 bits per heavy atom. The van der Waals surface area contributed by atoms with Crippen molar-refractivity contribution in [1.82, 2.24) is 0 Å². The van der Waals surface area contributed by atoms with Gasteiger partial charge in [0.15, 0.2) is 14.9 Å². The van der Waals surface area contributed by atoms with Gasteiger partial charge in [-0.25, -0.2) is 16.8 Å². The summed E-state index contributed by atoms with van der Waals surface area (Å²) in [6.07, 6.45) is 0.820. The number of anilines is 1. The molecule has 0 saturated heterocycles. The summed E-state index contributed by atoms with van der Waals surface area (Å²) in [6, 6.07) is 4.20. The smallest absolute Gasteiger partial charge is 0.247 e. The molecule has 6 nitrogen and oxygen atoms in total. The Labute approximate surface area is 122 Å². The molecule has 0 aliphatic carbocycles. The molecule has 20 heavy (non-hydrogen) atoms. The summed E-state index contributed by atoms with van der Waals surface area (Å²) < 4.78 is 47.6. The molecule has 0 heterocycles.